The molecule has 2 N–H and O–H groups in total. The second-order valence-electron chi connectivity index (χ2n) is 4.45. The smallest absolute Gasteiger partial charge is 0.335 e. The fraction of sp³-hybridized carbons (Fsp3) is 1.00. The zero-order valence-corrected chi connectivity index (χ0v) is 11.2. The van der Waals surface area contributed by atoms with Crippen molar-refractivity contribution in [3.05, 3.63) is 0 Å². The number of nitrogens with two attached hydrogens (primary N) is 1. The second-order valence-corrected chi connectivity index (χ2v) is 7.83. The van der Waals surface area contributed by atoms with Crippen LogP contribution in [-0.4, -0.2) is 27.8 Å². The highest BCUT2D eigenvalue weighted by atomic mass is 28.4. The van der Waals surface area contributed by atoms with Crippen molar-refractivity contribution < 1.29 is 8.85 Å². The van der Waals surface area contributed by atoms with Gasteiger partial charge in [0.05, 0.1) is 5.60 Å². The van der Waals surface area contributed by atoms with Gasteiger partial charge in [-0.3, -0.25) is 0 Å². The van der Waals surface area contributed by atoms with Gasteiger partial charge in [0, 0.05) is 7.11 Å². The maximum absolute atomic E-state index is 6.09. The predicted octanol–water partition coefficient (Wildman–Crippen LogP) is 2.26. The highest BCUT2D eigenvalue weighted by molar-refractivity contribution is 6.66. The van der Waals surface area contributed by atoms with Crippen molar-refractivity contribution >= 4 is 8.56 Å². The molecule has 0 rings (SSSR count). The molecule has 4 heteroatoms. The molecule has 0 aromatic heterocycles. The van der Waals surface area contributed by atoms with E-state index in [2.05, 4.69) is 27.3 Å². The van der Waals surface area contributed by atoms with Crippen LogP contribution in [0.15, 0.2) is 0 Å². The average Bonchev–Trinajstić information content (AvgIpc) is 2.14. The molecular formula is C10H25NO2Si. The third kappa shape index (κ3) is 5.10. The second kappa shape index (κ2) is 5.85. The first-order valence-corrected chi connectivity index (χ1v) is 7.87. The molecule has 3 nitrogen and oxygen atoms in total. The zero-order chi connectivity index (χ0) is 11.2. The summed E-state index contributed by atoms with van der Waals surface area (Å²) >= 11 is 0. The Morgan fingerprint density at radius 3 is 2.29 bits per heavy atom. The number of hydrogen-bond acceptors (Lipinski definition) is 3. The highest BCUT2D eigenvalue weighted by Gasteiger charge is 2.35. The SMILES string of the molecule is CCC(C)(C)O[Si](C)(CCCN)OC. The van der Waals surface area contributed by atoms with Crippen LogP contribution in [0.1, 0.15) is 33.6 Å². The van der Waals surface area contributed by atoms with Gasteiger partial charge in [-0.15, -0.1) is 0 Å². The van der Waals surface area contributed by atoms with Crippen molar-refractivity contribution in [2.75, 3.05) is 13.7 Å². The molecule has 0 aromatic rings. The van der Waals surface area contributed by atoms with E-state index in [1.54, 1.807) is 7.11 Å². The fourth-order valence-corrected chi connectivity index (χ4v) is 3.82. The molecule has 0 aliphatic rings. The molecule has 0 radical (unpaired) electrons. The Morgan fingerprint density at radius 1 is 1.36 bits per heavy atom. The summed E-state index contributed by atoms with van der Waals surface area (Å²) in [6.07, 6.45) is 1.98. The zero-order valence-electron chi connectivity index (χ0n) is 10.2. The number of rotatable bonds is 7. The van der Waals surface area contributed by atoms with Gasteiger partial charge in [-0.05, 0) is 45.8 Å². The molecule has 0 fully saturated rings. The Labute approximate surface area is 89.2 Å². The van der Waals surface area contributed by atoms with Crippen molar-refractivity contribution in [2.45, 2.75) is 51.8 Å². The first kappa shape index (κ1) is 14.1. The van der Waals surface area contributed by atoms with E-state index in [0.29, 0.717) is 6.54 Å². The molecule has 0 bridgehead atoms. The summed E-state index contributed by atoms with van der Waals surface area (Å²) in [4.78, 5) is 0. The Hall–Kier alpha value is 0.0969. The lowest BCUT2D eigenvalue weighted by molar-refractivity contribution is 0.0564. The molecule has 0 heterocycles. The molecule has 0 aromatic carbocycles. The average molecular weight is 219 g/mol. The van der Waals surface area contributed by atoms with Crippen LogP contribution in [-0.2, 0) is 8.85 Å². The van der Waals surface area contributed by atoms with E-state index in [9.17, 15) is 0 Å². The van der Waals surface area contributed by atoms with Crippen LogP contribution in [0.3, 0.4) is 0 Å². The van der Waals surface area contributed by atoms with Crippen LogP contribution in [0.5, 0.6) is 0 Å². The third-order valence-corrected chi connectivity index (χ3v) is 5.72. The molecular weight excluding hydrogens is 194 g/mol. The predicted molar refractivity (Wildman–Crippen MR) is 62.6 cm³/mol. The molecule has 14 heavy (non-hydrogen) atoms. The minimum atomic E-state index is -1.98. The minimum Gasteiger partial charge on any atom is -0.398 e. The van der Waals surface area contributed by atoms with Gasteiger partial charge in [-0.1, -0.05) is 6.92 Å². The Morgan fingerprint density at radius 2 is 1.93 bits per heavy atom. The molecule has 1 atom stereocenters. The van der Waals surface area contributed by atoms with Gasteiger partial charge in [0.2, 0.25) is 0 Å². The van der Waals surface area contributed by atoms with Crippen LogP contribution in [0.2, 0.25) is 12.6 Å². The van der Waals surface area contributed by atoms with Crippen LogP contribution in [0, 0.1) is 0 Å². The van der Waals surface area contributed by atoms with Crippen molar-refractivity contribution in [1.29, 1.82) is 0 Å². The van der Waals surface area contributed by atoms with Crippen LogP contribution >= 0.6 is 0 Å². The van der Waals surface area contributed by atoms with Crippen LogP contribution in [0.4, 0.5) is 0 Å². The standard InChI is InChI=1S/C10H25NO2Si/c1-6-10(2,3)13-14(5,12-4)9-7-8-11/h6-9,11H2,1-5H3. The van der Waals surface area contributed by atoms with Gasteiger partial charge in [0.15, 0.2) is 0 Å². The van der Waals surface area contributed by atoms with Gasteiger partial charge in [0.1, 0.15) is 0 Å². The summed E-state index contributed by atoms with van der Waals surface area (Å²) in [7, 11) is -0.236. The Balaban J connectivity index is 4.23. The third-order valence-electron chi connectivity index (χ3n) is 2.61. The molecule has 86 valence electrons. The first-order chi connectivity index (χ1) is 6.39. The molecule has 0 aliphatic heterocycles. The summed E-state index contributed by atoms with van der Waals surface area (Å²) in [6.45, 7) is 9.18. The molecule has 0 amide bonds. The summed E-state index contributed by atoms with van der Waals surface area (Å²) in [5.74, 6) is 0. The molecule has 0 spiro atoms. The van der Waals surface area contributed by atoms with Gasteiger partial charge < -0.3 is 14.6 Å². The summed E-state index contributed by atoms with van der Waals surface area (Å²) in [5.41, 5.74) is 5.42. The Kier molecular flexibility index (Phi) is 5.89. The topological polar surface area (TPSA) is 44.5 Å². The van der Waals surface area contributed by atoms with Gasteiger partial charge >= 0.3 is 8.56 Å². The van der Waals surface area contributed by atoms with E-state index in [-0.39, 0.29) is 5.60 Å². The molecule has 0 saturated carbocycles. The lowest BCUT2D eigenvalue weighted by Gasteiger charge is -2.35. The summed E-state index contributed by atoms with van der Waals surface area (Å²) in [6, 6.07) is 0.976. The summed E-state index contributed by atoms with van der Waals surface area (Å²) < 4.78 is 11.6. The van der Waals surface area contributed by atoms with Gasteiger partial charge in [0.25, 0.3) is 0 Å². The lowest BCUT2D eigenvalue weighted by atomic mass is 10.1. The fourth-order valence-electron chi connectivity index (χ4n) is 1.27. The van der Waals surface area contributed by atoms with Gasteiger partial charge in [-0.25, -0.2) is 0 Å². The largest absolute Gasteiger partial charge is 0.398 e. The minimum absolute atomic E-state index is 0.0778. The van der Waals surface area contributed by atoms with Crippen molar-refractivity contribution in [3.63, 3.8) is 0 Å². The normalized spacial score (nSPS) is 16.7. The summed E-state index contributed by atoms with van der Waals surface area (Å²) in [5, 5.41) is 0. The van der Waals surface area contributed by atoms with E-state index in [1.165, 1.54) is 0 Å². The lowest BCUT2D eigenvalue weighted by Crippen LogP contribution is -2.45. The quantitative estimate of drug-likeness (QED) is 0.668. The van der Waals surface area contributed by atoms with E-state index < -0.39 is 8.56 Å². The highest BCUT2D eigenvalue weighted by Crippen LogP contribution is 2.24. The first-order valence-electron chi connectivity index (χ1n) is 5.34. The van der Waals surface area contributed by atoms with Gasteiger partial charge in [-0.2, -0.15) is 0 Å². The maximum Gasteiger partial charge on any atom is 0.335 e. The number of hydrogen-bond donors (Lipinski definition) is 1. The molecule has 0 saturated heterocycles. The van der Waals surface area contributed by atoms with Crippen molar-refractivity contribution in [3.8, 4) is 0 Å². The van der Waals surface area contributed by atoms with Crippen LogP contribution < -0.4 is 5.73 Å². The van der Waals surface area contributed by atoms with Crippen molar-refractivity contribution in [1.82, 2.24) is 0 Å². The van der Waals surface area contributed by atoms with E-state index >= 15 is 0 Å². The maximum atomic E-state index is 6.09. The molecule has 0 aliphatic carbocycles. The van der Waals surface area contributed by atoms with Crippen molar-refractivity contribution in [2.24, 2.45) is 5.73 Å². The van der Waals surface area contributed by atoms with E-state index in [0.717, 1.165) is 18.9 Å². The monoisotopic (exact) mass is 219 g/mol. The van der Waals surface area contributed by atoms with E-state index in [4.69, 9.17) is 14.6 Å². The molecule has 1 unspecified atom stereocenters. The van der Waals surface area contributed by atoms with E-state index in [1.807, 2.05) is 0 Å². The Bertz CT molecular complexity index is 164. The van der Waals surface area contributed by atoms with Crippen LogP contribution in [0.25, 0.3) is 0 Å².